The van der Waals surface area contributed by atoms with E-state index in [1.165, 1.54) is 4.31 Å². The number of thiol groups is 1. The molecule has 46 heavy (non-hydrogen) atoms. The SMILES string of the molecule is CNC(=O)c1c(-c2ccc(C)cc2)oc2nc(CN(CCC[C@@H](C)C(=O)NC(C(=O)O)c3ccccc3)[SH](=O)=O)c(C3CC3)cc12. The highest BCUT2D eigenvalue weighted by Crippen LogP contribution is 2.44. The van der Waals surface area contributed by atoms with Gasteiger partial charge in [0, 0.05) is 25.1 Å². The Kier molecular flexibility index (Phi) is 10.2. The topological polar surface area (TPSA) is 159 Å². The Morgan fingerprint density at radius 1 is 1.09 bits per heavy atom. The molecule has 0 aliphatic heterocycles. The molecule has 5 rings (SSSR count). The Labute approximate surface area is 269 Å². The molecule has 2 heterocycles. The molecule has 1 aliphatic carbocycles. The number of carbonyl (C=O) groups is 3. The highest BCUT2D eigenvalue weighted by atomic mass is 32.2. The number of carboxylic acid groups (broad SMARTS) is 1. The molecular formula is C34H38N4O7S. The number of benzene rings is 2. The molecule has 1 fully saturated rings. The van der Waals surface area contributed by atoms with Gasteiger partial charge >= 0.3 is 5.97 Å². The van der Waals surface area contributed by atoms with Crippen LogP contribution in [0.1, 0.15) is 77.3 Å². The minimum absolute atomic E-state index is 0.0199. The van der Waals surface area contributed by atoms with Crippen molar-refractivity contribution < 1.29 is 32.3 Å². The zero-order valence-corrected chi connectivity index (χ0v) is 26.9. The first-order valence-corrected chi connectivity index (χ1v) is 16.4. The number of nitrogens with zero attached hydrogens (tertiary/aromatic N) is 2. The zero-order valence-electron chi connectivity index (χ0n) is 26.0. The normalized spacial score (nSPS) is 14.4. The van der Waals surface area contributed by atoms with Crippen molar-refractivity contribution in [2.24, 2.45) is 5.92 Å². The average molecular weight is 647 g/mol. The fourth-order valence-corrected chi connectivity index (χ4v) is 6.08. The number of furan rings is 1. The van der Waals surface area contributed by atoms with Crippen molar-refractivity contribution in [2.45, 2.75) is 58.0 Å². The second kappa shape index (κ2) is 14.3. The smallest absolute Gasteiger partial charge is 0.330 e. The summed E-state index contributed by atoms with van der Waals surface area (Å²) < 4.78 is 32.2. The molecule has 1 unspecified atom stereocenters. The molecule has 4 aromatic rings. The molecule has 0 saturated heterocycles. The maximum absolute atomic E-state index is 13.0. The van der Waals surface area contributed by atoms with E-state index in [0.29, 0.717) is 40.8 Å². The van der Waals surface area contributed by atoms with Crippen molar-refractivity contribution in [1.29, 1.82) is 0 Å². The summed E-state index contributed by atoms with van der Waals surface area (Å²) in [6.07, 6.45) is 2.60. The van der Waals surface area contributed by atoms with Crippen LogP contribution in [0.15, 0.2) is 65.1 Å². The van der Waals surface area contributed by atoms with E-state index >= 15 is 0 Å². The second-order valence-corrected chi connectivity index (χ2v) is 12.8. The molecule has 1 aliphatic rings. The number of hydrogen-bond acceptors (Lipinski definition) is 7. The van der Waals surface area contributed by atoms with Crippen LogP contribution in [-0.2, 0) is 27.0 Å². The van der Waals surface area contributed by atoms with Gasteiger partial charge in [-0.15, -0.1) is 0 Å². The Balaban J connectivity index is 1.33. The fraction of sp³-hybridized carbons (Fsp3) is 0.353. The standard InChI is InChI=1S/C34H38N4O7S/c1-20-11-13-24(14-12-20)30-28(32(40)35-3)26-18-25(22-15-16-22)27(36-33(26)45-30)19-38(46(43)44)17-7-8-21(2)31(39)37-29(34(41)42)23-9-5-4-6-10-23/h4-6,9-14,18,21-22,29,46H,7-8,15-17,19H2,1-3H3,(H,35,40)(H,37,39)(H,41,42)/t21-,29?/m1/s1. The Bertz CT molecular complexity index is 1810. The maximum Gasteiger partial charge on any atom is 0.330 e. The van der Waals surface area contributed by atoms with Crippen molar-refractivity contribution in [3.8, 4) is 11.3 Å². The number of aromatic nitrogens is 1. The first kappa shape index (κ1) is 32.8. The van der Waals surface area contributed by atoms with Crippen molar-refractivity contribution >= 4 is 39.8 Å². The van der Waals surface area contributed by atoms with Crippen LogP contribution in [0.3, 0.4) is 0 Å². The number of carboxylic acids is 1. The van der Waals surface area contributed by atoms with Crippen molar-refractivity contribution in [1.82, 2.24) is 19.9 Å². The van der Waals surface area contributed by atoms with Gasteiger partial charge in [-0.2, -0.15) is 4.31 Å². The van der Waals surface area contributed by atoms with E-state index in [4.69, 9.17) is 9.40 Å². The van der Waals surface area contributed by atoms with Gasteiger partial charge in [-0.05, 0) is 55.7 Å². The summed E-state index contributed by atoms with van der Waals surface area (Å²) in [6.45, 7) is 3.83. The van der Waals surface area contributed by atoms with Gasteiger partial charge in [-0.3, -0.25) is 9.59 Å². The number of aryl methyl sites for hydroxylation is 1. The first-order valence-electron chi connectivity index (χ1n) is 15.3. The van der Waals surface area contributed by atoms with E-state index < -0.39 is 34.7 Å². The molecule has 0 spiro atoms. The molecular weight excluding hydrogens is 608 g/mol. The van der Waals surface area contributed by atoms with Gasteiger partial charge in [0.1, 0.15) is 5.76 Å². The van der Waals surface area contributed by atoms with E-state index in [2.05, 4.69) is 10.6 Å². The van der Waals surface area contributed by atoms with Crippen LogP contribution in [0.25, 0.3) is 22.4 Å². The Hall–Kier alpha value is -4.55. The van der Waals surface area contributed by atoms with Crippen molar-refractivity contribution in [2.75, 3.05) is 13.6 Å². The Morgan fingerprint density at radius 2 is 1.78 bits per heavy atom. The molecule has 12 heteroatoms. The average Bonchev–Trinajstić information content (AvgIpc) is 3.83. The number of amides is 2. The maximum atomic E-state index is 13.0. The summed E-state index contributed by atoms with van der Waals surface area (Å²) in [5.41, 5.74) is 4.37. The van der Waals surface area contributed by atoms with Crippen molar-refractivity contribution in [3.05, 3.63) is 88.6 Å². The summed E-state index contributed by atoms with van der Waals surface area (Å²) >= 11 is 0. The first-order chi connectivity index (χ1) is 22.1. The molecule has 0 bridgehead atoms. The summed E-state index contributed by atoms with van der Waals surface area (Å²) in [5.74, 6) is -1.82. The van der Waals surface area contributed by atoms with Gasteiger partial charge in [0.2, 0.25) is 22.5 Å². The van der Waals surface area contributed by atoms with E-state index in [9.17, 15) is 27.9 Å². The number of nitrogens with one attached hydrogen (secondary N) is 2. The molecule has 11 nitrogen and oxygen atoms in total. The van der Waals surface area contributed by atoms with Gasteiger partial charge < -0.3 is 20.2 Å². The van der Waals surface area contributed by atoms with Crippen LogP contribution in [0.2, 0.25) is 0 Å². The van der Waals surface area contributed by atoms with E-state index in [1.54, 1.807) is 44.3 Å². The number of hydrogen-bond donors (Lipinski definition) is 4. The summed E-state index contributed by atoms with van der Waals surface area (Å²) in [6, 6.07) is 16.8. The van der Waals surface area contributed by atoms with Crippen molar-refractivity contribution in [3.63, 3.8) is 0 Å². The Morgan fingerprint density at radius 3 is 2.39 bits per heavy atom. The van der Waals surface area contributed by atoms with Crippen LogP contribution in [0.4, 0.5) is 0 Å². The number of carbonyl (C=O) groups excluding carboxylic acids is 2. The second-order valence-electron chi connectivity index (χ2n) is 11.8. The van der Waals surface area contributed by atoms with Crippen LogP contribution < -0.4 is 10.6 Å². The fourth-order valence-electron chi connectivity index (χ4n) is 5.53. The quantitative estimate of drug-likeness (QED) is 0.143. The third kappa shape index (κ3) is 7.45. The minimum Gasteiger partial charge on any atom is -0.479 e. The number of fused-ring (bicyclic) bond motifs is 1. The predicted molar refractivity (Wildman–Crippen MR) is 174 cm³/mol. The third-order valence-corrected chi connectivity index (χ3v) is 9.11. The highest BCUT2D eigenvalue weighted by molar-refractivity contribution is 7.69. The van der Waals surface area contributed by atoms with Crippen LogP contribution in [0, 0.1) is 12.8 Å². The predicted octanol–water partition coefficient (Wildman–Crippen LogP) is 4.73. The van der Waals surface area contributed by atoms with Gasteiger partial charge in [-0.1, -0.05) is 67.1 Å². The van der Waals surface area contributed by atoms with E-state index in [1.807, 2.05) is 37.3 Å². The summed E-state index contributed by atoms with van der Waals surface area (Å²) in [7, 11) is -1.41. The molecule has 2 aromatic carbocycles. The highest BCUT2D eigenvalue weighted by Gasteiger charge is 2.31. The van der Waals surface area contributed by atoms with Crippen LogP contribution in [-0.4, -0.2) is 54.2 Å². The molecule has 3 N–H and O–H groups in total. The van der Waals surface area contributed by atoms with E-state index in [-0.39, 0.29) is 30.6 Å². The lowest BCUT2D eigenvalue weighted by molar-refractivity contribution is -0.142. The van der Waals surface area contributed by atoms with Gasteiger partial charge in [0.25, 0.3) is 5.91 Å². The number of rotatable bonds is 14. The molecule has 0 radical (unpaired) electrons. The summed E-state index contributed by atoms with van der Waals surface area (Å²) in [4.78, 5) is 42.5. The molecule has 1 saturated carbocycles. The number of pyridine rings is 1. The lowest BCUT2D eigenvalue weighted by Crippen LogP contribution is -2.37. The molecule has 2 atom stereocenters. The van der Waals surface area contributed by atoms with Gasteiger partial charge in [-0.25, -0.2) is 18.2 Å². The minimum atomic E-state index is -2.97. The van der Waals surface area contributed by atoms with E-state index in [0.717, 1.165) is 29.5 Å². The largest absolute Gasteiger partial charge is 0.479 e. The molecule has 242 valence electrons. The van der Waals surface area contributed by atoms with Gasteiger partial charge in [0.05, 0.1) is 23.2 Å². The monoisotopic (exact) mass is 646 g/mol. The number of aliphatic carboxylic acids is 1. The lowest BCUT2D eigenvalue weighted by atomic mass is 10.0. The lowest BCUT2D eigenvalue weighted by Gasteiger charge is -2.20. The van der Waals surface area contributed by atoms with Gasteiger partial charge in [0.15, 0.2) is 6.04 Å². The third-order valence-electron chi connectivity index (χ3n) is 8.31. The molecule has 2 aromatic heterocycles. The van der Waals surface area contributed by atoms with Crippen LogP contribution in [0.5, 0.6) is 0 Å². The zero-order chi connectivity index (χ0) is 33.0. The summed E-state index contributed by atoms with van der Waals surface area (Å²) in [5, 5.41) is 15.5. The van der Waals surface area contributed by atoms with Crippen LogP contribution >= 0.6 is 0 Å². The molecule has 2 amide bonds.